The fourth-order valence-corrected chi connectivity index (χ4v) is 3.97. The van der Waals surface area contributed by atoms with E-state index in [1.807, 2.05) is 25.1 Å². The number of nitrogens with one attached hydrogen (secondary N) is 2. The number of halogens is 2. The first-order valence-electron chi connectivity index (χ1n) is 7.63. The van der Waals surface area contributed by atoms with Gasteiger partial charge in [0.15, 0.2) is 0 Å². The summed E-state index contributed by atoms with van der Waals surface area (Å²) in [5.41, 5.74) is 2.03. The fraction of sp³-hybridized carbons (Fsp3) is 0.562. The van der Waals surface area contributed by atoms with Gasteiger partial charge in [0.05, 0.1) is 12.2 Å². The van der Waals surface area contributed by atoms with Crippen LogP contribution in [0.5, 0.6) is 0 Å². The Morgan fingerprint density at radius 3 is 3.05 bits per heavy atom. The van der Waals surface area contributed by atoms with Crippen LogP contribution in [-0.4, -0.2) is 43.0 Å². The zero-order valence-electron chi connectivity index (χ0n) is 12.8. The first-order chi connectivity index (χ1) is 10.1. The SMILES string of the molecule is Cc1ccc(NC(=O)CN2CCC3NCCC3C2)c(Br)c1.Cl. The predicted octanol–water partition coefficient (Wildman–Crippen LogP) is 2.80. The molecule has 4 nitrogen and oxygen atoms in total. The molecule has 2 aliphatic heterocycles. The van der Waals surface area contributed by atoms with E-state index in [1.54, 1.807) is 0 Å². The molecule has 2 heterocycles. The summed E-state index contributed by atoms with van der Waals surface area (Å²) in [5, 5.41) is 6.55. The maximum atomic E-state index is 12.2. The normalized spacial score (nSPS) is 24.5. The number of rotatable bonds is 3. The van der Waals surface area contributed by atoms with Gasteiger partial charge in [0.1, 0.15) is 0 Å². The number of amides is 1. The number of aryl methyl sites for hydroxylation is 1. The second kappa shape index (κ2) is 7.77. The van der Waals surface area contributed by atoms with Crippen molar-refractivity contribution in [3.8, 4) is 0 Å². The van der Waals surface area contributed by atoms with E-state index in [0.717, 1.165) is 42.1 Å². The van der Waals surface area contributed by atoms with Gasteiger partial charge in [-0.2, -0.15) is 0 Å². The van der Waals surface area contributed by atoms with Gasteiger partial charge in [-0.05, 0) is 65.9 Å². The van der Waals surface area contributed by atoms with Crippen LogP contribution in [0.3, 0.4) is 0 Å². The second-order valence-corrected chi connectivity index (χ2v) is 7.02. The number of anilines is 1. The first-order valence-corrected chi connectivity index (χ1v) is 8.43. The minimum absolute atomic E-state index is 0. The topological polar surface area (TPSA) is 44.4 Å². The third-order valence-electron chi connectivity index (χ3n) is 4.51. The first kappa shape index (κ1) is 17.7. The Morgan fingerprint density at radius 1 is 1.45 bits per heavy atom. The summed E-state index contributed by atoms with van der Waals surface area (Å²) < 4.78 is 0.939. The molecule has 122 valence electrons. The van der Waals surface area contributed by atoms with Crippen molar-refractivity contribution in [1.29, 1.82) is 0 Å². The van der Waals surface area contributed by atoms with Gasteiger partial charge in [-0.25, -0.2) is 0 Å². The summed E-state index contributed by atoms with van der Waals surface area (Å²) in [5.74, 6) is 0.793. The Morgan fingerprint density at radius 2 is 2.27 bits per heavy atom. The van der Waals surface area contributed by atoms with Crippen molar-refractivity contribution in [1.82, 2.24) is 10.2 Å². The third-order valence-corrected chi connectivity index (χ3v) is 5.16. The van der Waals surface area contributed by atoms with Crippen LogP contribution in [0.4, 0.5) is 5.69 Å². The minimum Gasteiger partial charge on any atom is -0.324 e. The number of carbonyl (C=O) groups excluding carboxylic acids is 1. The molecule has 2 aliphatic rings. The van der Waals surface area contributed by atoms with Crippen LogP contribution in [-0.2, 0) is 4.79 Å². The van der Waals surface area contributed by atoms with Crippen molar-refractivity contribution >= 4 is 39.9 Å². The molecule has 22 heavy (non-hydrogen) atoms. The summed E-state index contributed by atoms with van der Waals surface area (Å²) in [6.07, 6.45) is 2.40. The van der Waals surface area contributed by atoms with Gasteiger partial charge in [-0.3, -0.25) is 9.69 Å². The average molecular weight is 389 g/mol. The van der Waals surface area contributed by atoms with Gasteiger partial charge in [0.25, 0.3) is 0 Å². The van der Waals surface area contributed by atoms with Crippen LogP contribution in [0.15, 0.2) is 22.7 Å². The van der Waals surface area contributed by atoms with E-state index in [-0.39, 0.29) is 18.3 Å². The van der Waals surface area contributed by atoms with Gasteiger partial charge in [-0.15, -0.1) is 12.4 Å². The van der Waals surface area contributed by atoms with E-state index < -0.39 is 0 Å². The summed E-state index contributed by atoms with van der Waals surface area (Å²) in [6, 6.07) is 6.65. The lowest BCUT2D eigenvalue weighted by Gasteiger charge is -2.34. The Kier molecular flexibility index (Phi) is 6.26. The monoisotopic (exact) mass is 387 g/mol. The van der Waals surface area contributed by atoms with Crippen LogP contribution in [0.1, 0.15) is 18.4 Å². The lowest BCUT2D eigenvalue weighted by Crippen LogP contribution is -2.46. The summed E-state index contributed by atoms with van der Waals surface area (Å²) >= 11 is 3.50. The molecular formula is C16H23BrClN3O. The van der Waals surface area contributed by atoms with Crippen LogP contribution in [0, 0.1) is 12.8 Å². The lowest BCUT2D eigenvalue weighted by molar-refractivity contribution is -0.117. The molecule has 0 bridgehead atoms. The molecule has 1 aromatic carbocycles. The molecule has 2 unspecified atom stereocenters. The summed E-state index contributed by atoms with van der Waals surface area (Å²) in [6.45, 7) is 5.71. The van der Waals surface area contributed by atoms with Gasteiger partial charge >= 0.3 is 0 Å². The number of fused-ring (bicyclic) bond motifs is 1. The number of hydrogen-bond donors (Lipinski definition) is 2. The smallest absolute Gasteiger partial charge is 0.238 e. The Bertz CT molecular complexity index is 540. The van der Waals surface area contributed by atoms with E-state index in [0.29, 0.717) is 12.6 Å². The molecule has 6 heteroatoms. The number of carbonyl (C=O) groups is 1. The van der Waals surface area contributed by atoms with Crippen molar-refractivity contribution in [3.05, 3.63) is 28.2 Å². The highest BCUT2D eigenvalue weighted by atomic mass is 79.9. The van der Waals surface area contributed by atoms with Gasteiger partial charge in [0.2, 0.25) is 5.91 Å². The maximum Gasteiger partial charge on any atom is 0.238 e. The number of hydrogen-bond acceptors (Lipinski definition) is 3. The zero-order valence-corrected chi connectivity index (χ0v) is 15.2. The quantitative estimate of drug-likeness (QED) is 0.837. The number of piperidine rings is 1. The molecule has 2 saturated heterocycles. The van der Waals surface area contributed by atoms with E-state index in [2.05, 4.69) is 31.5 Å². The van der Waals surface area contributed by atoms with Crippen molar-refractivity contribution < 1.29 is 4.79 Å². The molecule has 1 aromatic rings. The molecule has 3 rings (SSSR count). The largest absolute Gasteiger partial charge is 0.324 e. The number of likely N-dealkylation sites (tertiary alicyclic amines) is 1. The van der Waals surface area contributed by atoms with E-state index in [9.17, 15) is 4.79 Å². The summed E-state index contributed by atoms with van der Waals surface area (Å²) in [7, 11) is 0. The van der Waals surface area contributed by atoms with E-state index in [4.69, 9.17) is 0 Å². The maximum absolute atomic E-state index is 12.2. The molecule has 2 N–H and O–H groups in total. The molecular weight excluding hydrogens is 366 g/mol. The fourth-order valence-electron chi connectivity index (χ4n) is 3.38. The third kappa shape index (κ3) is 4.22. The van der Waals surface area contributed by atoms with E-state index >= 15 is 0 Å². The van der Waals surface area contributed by atoms with Crippen LogP contribution >= 0.6 is 28.3 Å². The van der Waals surface area contributed by atoms with Crippen molar-refractivity contribution in [3.63, 3.8) is 0 Å². The molecule has 2 atom stereocenters. The second-order valence-electron chi connectivity index (χ2n) is 6.16. The predicted molar refractivity (Wildman–Crippen MR) is 95.7 cm³/mol. The van der Waals surface area contributed by atoms with Crippen LogP contribution in [0.25, 0.3) is 0 Å². The Hall–Kier alpha value is -0.620. The highest BCUT2D eigenvalue weighted by Crippen LogP contribution is 2.25. The Labute approximate surface area is 146 Å². The highest BCUT2D eigenvalue weighted by molar-refractivity contribution is 9.10. The summed E-state index contributed by atoms with van der Waals surface area (Å²) in [4.78, 5) is 14.5. The standard InChI is InChI=1S/C16H22BrN3O.ClH/c1-11-2-3-15(13(17)8-11)19-16(21)10-20-7-5-14-12(9-20)4-6-18-14;/h2-3,8,12,14,18H,4-7,9-10H2,1H3,(H,19,21);1H. The van der Waals surface area contributed by atoms with Gasteiger partial charge in [-0.1, -0.05) is 6.07 Å². The molecule has 0 spiro atoms. The zero-order chi connectivity index (χ0) is 14.8. The highest BCUT2D eigenvalue weighted by Gasteiger charge is 2.32. The van der Waals surface area contributed by atoms with Crippen LogP contribution < -0.4 is 10.6 Å². The molecule has 0 radical (unpaired) electrons. The molecule has 0 saturated carbocycles. The number of benzene rings is 1. The number of nitrogens with zero attached hydrogens (tertiary/aromatic N) is 1. The van der Waals surface area contributed by atoms with Crippen molar-refractivity contribution in [2.45, 2.75) is 25.8 Å². The molecule has 0 aromatic heterocycles. The molecule has 1 amide bonds. The van der Waals surface area contributed by atoms with Crippen molar-refractivity contribution in [2.24, 2.45) is 5.92 Å². The lowest BCUT2D eigenvalue weighted by atomic mass is 9.93. The minimum atomic E-state index is 0. The van der Waals surface area contributed by atoms with Gasteiger partial charge < -0.3 is 10.6 Å². The van der Waals surface area contributed by atoms with Crippen molar-refractivity contribution in [2.75, 3.05) is 31.5 Å². The van der Waals surface area contributed by atoms with Crippen LogP contribution in [0.2, 0.25) is 0 Å². The average Bonchev–Trinajstić information content (AvgIpc) is 2.89. The molecule has 2 fully saturated rings. The molecule has 0 aliphatic carbocycles. The van der Waals surface area contributed by atoms with E-state index in [1.165, 1.54) is 12.0 Å². The van der Waals surface area contributed by atoms with Gasteiger partial charge in [0, 0.05) is 23.6 Å². The Balaban J connectivity index is 0.00000176.